The van der Waals surface area contributed by atoms with E-state index >= 15 is 0 Å². The first-order valence-corrected chi connectivity index (χ1v) is 17.1. The molecule has 43 heavy (non-hydrogen) atoms. The second-order valence-corrected chi connectivity index (χ2v) is 14.8. The van der Waals surface area contributed by atoms with E-state index in [-0.39, 0.29) is 17.2 Å². The van der Waals surface area contributed by atoms with Crippen LogP contribution in [0.25, 0.3) is 10.9 Å². The second-order valence-electron chi connectivity index (χ2n) is 14.8. The van der Waals surface area contributed by atoms with Gasteiger partial charge in [-0.15, -0.1) is 0 Å². The molecule has 1 aromatic heterocycles. The van der Waals surface area contributed by atoms with Crippen LogP contribution in [0.3, 0.4) is 0 Å². The summed E-state index contributed by atoms with van der Waals surface area (Å²) in [5.74, 6) is 0.625. The van der Waals surface area contributed by atoms with Gasteiger partial charge in [0.2, 0.25) is 0 Å². The molecular formula is C36H46N4O3. The average molecular weight is 583 g/mol. The fraction of sp³-hybridized carbons (Fsp3) is 0.639. The van der Waals surface area contributed by atoms with E-state index in [0.29, 0.717) is 17.8 Å². The van der Waals surface area contributed by atoms with Gasteiger partial charge in [-0.1, -0.05) is 12.2 Å². The molecule has 6 aliphatic heterocycles. The van der Waals surface area contributed by atoms with Crippen molar-refractivity contribution in [3.8, 4) is 5.75 Å². The van der Waals surface area contributed by atoms with Crippen molar-refractivity contribution in [3.63, 3.8) is 0 Å². The summed E-state index contributed by atoms with van der Waals surface area (Å²) >= 11 is 0. The highest BCUT2D eigenvalue weighted by molar-refractivity contribution is 6.16. The molecular weight excluding hydrogens is 536 g/mol. The minimum atomic E-state index is -0.965. The monoisotopic (exact) mass is 582 g/mol. The number of allylic oxidation sites excluding steroid dienone is 3. The van der Waals surface area contributed by atoms with Gasteiger partial charge in [0.25, 0.3) is 0 Å². The minimum Gasteiger partial charge on any atom is -0.508 e. The molecule has 1 aromatic carbocycles. The van der Waals surface area contributed by atoms with Gasteiger partial charge in [-0.05, 0) is 131 Å². The molecule has 7 aliphatic rings. The standard InChI is InChI=1S/C36H46N4O3/c41-24-9-10-30-27(20-24)26-12-16-37-31(32(26)38-30)28-21-35(42)14-5-3-1-2-4-6-17-39-19-13-29(28)34(23-39)22-36-15-11-25(43-36)8-7-18-40(36)33(34)35/h1,3,9-10,20-21,25,29,33,38,41-42H,2,4-8,11-19,22-23H2/b3-1-/t25-,29-,33+,34-,35-,36-/m0/s1. The summed E-state index contributed by atoms with van der Waals surface area (Å²) in [6, 6.07) is 5.70. The summed E-state index contributed by atoms with van der Waals surface area (Å²) in [5.41, 5.74) is 4.40. The number of phenolic OH excluding ortho intramolecular Hbond substituents is 1. The van der Waals surface area contributed by atoms with Crippen molar-refractivity contribution < 1.29 is 14.9 Å². The van der Waals surface area contributed by atoms with E-state index in [1.54, 1.807) is 6.07 Å². The first kappa shape index (κ1) is 26.9. The van der Waals surface area contributed by atoms with Crippen LogP contribution in [-0.4, -0.2) is 86.9 Å². The molecule has 0 radical (unpaired) electrons. The Morgan fingerprint density at radius 2 is 1.93 bits per heavy atom. The summed E-state index contributed by atoms with van der Waals surface area (Å²) in [6.07, 6.45) is 20.0. The molecule has 1 unspecified atom stereocenters. The lowest BCUT2D eigenvalue weighted by Gasteiger charge is -2.58. The van der Waals surface area contributed by atoms with Gasteiger partial charge in [-0.2, -0.15) is 0 Å². The summed E-state index contributed by atoms with van der Waals surface area (Å²) < 4.78 is 7.08. The average Bonchev–Trinajstić information content (AvgIpc) is 3.61. The van der Waals surface area contributed by atoms with Crippen LogP contribution in [0.5, 0.6) is 5.75 Å². The Bertz CT molecular complexity index is 1540. The van der Waals surface area contributed by atoms with Crippen LogP contribution in [0, 0.1) is 11.3 Å². The van der Waals surface area contributed by atoms with Gasteiger partial charge in [0.15, 0.2) is 0 Å². The first-order valence-electron chi connectivity index (χ1n) is 17.1. The fourth-order valence-electron chi connectivity index (χ4n) is 10.9. The van der Waals surface area contributed by atoms with E-state index in [9.17, 15) is 10.2 Å². The number of aromatic nitrogens is 1. The van der Waals surface area contributed by atoms with Crippen LogP contribution in [0.1, 0.15) is 81.9 Å². The Hall–Kier alpha value is -2.45. The minimum absolute atomic E-state index is 0.0471. The van der Waals surface area contributed by atoms with Crippen LogP contribution < -0.4 is 0 Å². The molecule has 1 aliphatic carbocycles. The summed E-state index contributed by atoms with van der Waals surface area (Å²) in [7, 11) is 0. The van der Waals surface area contributed by atoms with Crippen LogP contribution in [-0.2, 0) is 11.2 Å². The van der Waals surface area contributed by atoms with Gasteiger partial charge in [0.05, 0.1) is 29.2 Å². The molecule has 3 N–H and O–H groups in total. The lowest BCUT2D eigenvalue weighted by Crippen LogP contribution is -2.66. The highest BCUT2D eigenvalue weighted by atomic mass is 16.5. The SMILES string of the molecule is Oc1ccc2[nH]c3c(c2c1)CCN=C3C1=C[C@@]2(O)CC/C=C\CCCCN3CC[C@@H]1[C@@]1(C3)C[C@@]34CC[C@H](CCCN3[C@H]12)O4. The number of fused-ring (bicyclic) bond motifs is 5. The van der Waals surface area contributed by atoms with Crippen molar-refractivity contribution in [2.45, 2.75) is 101 Å². The number of aliphatic hydroxyl groups is 1. The largest absolute Gasteiger partial charge is 0.508 e. The number of benzene rings is 1. The van der Waals surface area contributed by atoms with Crippen molar-refractivity contribution in [1.82, 2.24) is 14.8 Å². The van der Waals surface area contributed by atoms with Crippen LogP contribution in [0.2, 0.25) is 0 Å². The smallest absolute Gasteiger partial charge is 0.123 e. The Morgan fingerprint density at radius 3 is 2.88 bits per heavy atom. The van der Waals surface area contributed by atoms with Crippen molar-refractivity contribution in [1.29, 1.82) is 0 Å². The molecule has 228 valence electrons. The number of ether oxygens (including phenoxy) is 1. The summed E-state index contributed by atoms with van der Waals surface area (Å²) in [5, 5.41) is 24.6. The lowest BCUT2D eigenvalue weighted by atomic mass is 9.54. The maximum atomic E-state index is 13.2. The Morgan fingerprint density at radius 1 is 1.00 bits per heavy atom. The topological polar surface area (TPSA) is 84.3 Å². The number of rotatable bonds is 1. The van der Waals surface area contributed by atoms with Crippen LogP contribution >= 0.6 is 0 Å². The van der Waals surface area contributed by atoms with Gasteiger partial charge < -0.3 is 24.8 Å². The van der Waals surface area contributed by atoms with Crippen molar-refractivity contribution in [2.75, 3.05) is 32.7 Å². The first-order chi connectivity index (χ1) is 21.0. The number of piperidine rings is 1. The zero-order chi connectivity index (χ0) is 28.8. The van der Waals surface area contributed by atoms with E-state index in [1.807, 2.05) is 12.1 Å². The van der Waals surface area contributed by atoms with Crippen molar-refractivity contribution in [3.05, 3.63) is 53.3 Å². The van der Waals surface area contributed by atoms with Crippen LogP contribution in [0.15, 0.2) is 47.0 Å². The van der Waals surface area contributed by atoms with E-state index in [2.05, 4.69) is 33.0 Å². The van der Waals surface area contributed by atoms with E-state index in [4.69, 9.17) is 9.73 Å². The van der Waals surface area contributed by atoms with Gasteiger partial charge in [-0.25, -0.2) is 0 Å². The number of nitrogens with zero attached hydrogens (tertiary/aromatic N) is 3. The second kappa shape index (κ2) is 9.77. The Kier molecular flexibility index (Phi) is 6.12. The number of H-pyrrole nitrogens is 1. The predicted octanol–water partition coefficient (Wildman–Crippen LogP) is 5.46. The van der Waals surface area contributed by atoms with E-state index < -0.39 is 5.60 Å². The zero-order valence-electron chi connectivity index (χ0n) is 25.4. The number of aliphatic imine (C=N–C) groups is 1. The number of phenols is 1. The van der Waals surface area contributed by atoms with E-state index in [0.717, 1.165) is 119 Å². The third kappa shape index (κ3) is 3.97. The molecule has 9 rings (SSSR count). The van der Waals surface area contributed by atoms with E-state index in [1.165, 1.54) is 24.0 Å². The van der Waals surface area contributed by atoms with Gasteiger partial charge in [0, 0.05) is 36.0 Å². The van der Waals surface area contributed by atoms with Crippen molar-refractivity contribution >= 4 is 16.6 Å². The van der Waals surface area contributed by atoms with Crippen LogP contribution in [0.4, 0.5) is 0 Å². The molecule has 5 bridgehead atoms. The number of hydrogen-bond acceptors (Lipinski definition) is 6. The number of aromatic amines is 1. The molecule has 0 saturated carbocycles. The molecule has 4 fully saturated rings. The molecule has 2 spiro atoms. The molecule has 4 saturated heterocycles. The number of nitrogens with one attached hydrogen (secondary N) is 1. The predicted molar refractivity (Wildman–Crippen MR) is 168 cm³/mol. The highest BCUT2D eigenvalue weighted by Gasteiger charge is 2.72. The Balaban J connectivity index is 1.24. The lowest BCUT2D eigenvalue weighted by molar-refractivity contribution is -0.146. The maximum Gasteiger partial charge on any atom is 0.123 e. The third-order valence-corrected chi connectivity index (χ3v) is 12.4. The van der Waals surface area contributed by atoms with Gasteiger partial charge >= 0.3 is 0 Å². The normalized spacial score (nSPS) is 41.6. The third-order valence-electron chi connectivity index (χ3n) is 12.4. The zero-order valence-corrected chi connectivity index (χ0v) is 25.4. The quantitative estimate of drug-likeness (QED) is 0.389. The highest BCUT2D eigenvalue weighted by Crippen LogP contribution is 2.65. The fourth-order valence-corrected chi connectivity index (χ4v) is 10.9. The number of hydrogen-bond donors (Lipinski definition) is 3. The van der Waals surface area contributed by atoms with Gasteiger partial charge in [0.1, 0.15) is 11.5 Å². The number of aromatic hydroxyl groups is 1. The molecule has 7 atom stereocenters. The molecule has 7 heteroatoms. The Labute approximate surface area is 254 Å². The maximum absolute atomic E-state index is 13.2. The van der Waals surface area contributed by atoms with Crippen molar-refractivity contribution in [2.24, 2.45) is 16.3 Å². The molecule has 0 amide bonds. The van der Waals surface area contributed by atoms with Gasteiger partial charge in [-0.3, -0.25) is 9.89 Å². The molecule has 2 aromatic rings. The molecule has 7 heterocycles. The summed E-state index contributed by atoms with van der Waals surface area (Å²) in [6.45, 7) is 5.02. The molecule has 7 nitrogen and oxygen atoms in total. The summed E-state index contributed by atoms with van der Waals surface area (Å²) in [4.78, 5) is 14.4.